The molecule has 1 heterocycles. The van der Waals surface area contributed by atoms with Crippen molar-refractivity contribution in [2.45, 2.75) is 0 Å². The number of nitrogens with zero attached hydrogens (tertiary/aromatic N) is 4. The summed E-state index contributed by atoms with van der Waals surface area (Å²) in [6.07, 6.45) is 0. The summed E-state index contributed by atoms with van der Waals surface area (Å²) in [6.45, 7) is 0. The van der Waals surface area contributed by atoms with E-state index in [4.69, 9.17) is 4.74 Å². The first-order valence-electron chi connectivity index (χ1n) is 8.48. The van der Waals surface area contributed by atoms with Crippen LogP contribution in [0.4, 0.5) is 22.2 Å². The van der Waals surface area contributed by atoms with Gasteiger partial charge in [0, 0.05) is 18.4 Å². The standard InChI is InChI=1S/C21H18N4OS/c1-25(16-6-4-3-5-7-16)17-10-8-15(9-11-17)23-24-21-22-19-13-12-18(26-2)14-20(19)27-21/h3-14H,1-2H3. The number of azo groups is 1. The summed E-state index contributed by atoms with van der Waals surface area (Å²) in [5.74, 6) is 0.813. The summed E-state index contributed by atoms with van der Waals surface area (Å²) in [5, 5.41) is 9.22. The average Bonchev–Trinajstić information content (AvgIpc) is 3.14. The van der Waals surface area contributed by atoms with Crippen molar-refractivity contribution in [1.82, 2.24) is 4.98 Å². The lowest BCUT2D eigenvalue weighted by Crippen LogP contribution is -2.08. The van der Waals surface area contributed by atoms with Gasteiger partial charge in [0.1, 0.15) is 5.75 Å². The van der Waals surface area contributed by atoms with E-state index in [-0.39, 0.29) is 0 Å². The third-order valence-corrected chi connectivity index (χ3v) is 5.12. The van der Waals surface area contributed by atoms with Crippen molar-refractivity contribution in [2.75, 3.05) is 19.1 Å². The molecule has 5 nitrogen and oxygen atoms in total. The van der Waals surface area contributed by atoms with Gasteiger partial charge in [-0.2, -0.15) is 0 Å². The third-order valence-electron chi connectivity index (χ3n) is 4.22. The van der Waals surface area contributed by atoms with Gasteiger partial charge in [-0.3, -0.25) is 0 Å². The molecule has 1 aromatic heterocycles. The van der Waals surface area contributed by atoms with Gasteiger partial charge in [-0.05, 0) is 54.6 Å². The number of aromatic nitrogens is 1. The lowest BCUT2D eigenvalue weighted by Gasteiger charge is -2.19. The maximum Gasteiger partial charge on any atom is 0.231 e. The zero-order chi connectivity index (χ0) is 18.6. The van der Waals surface area contributed by atoms with E-state index in [1.807, 2.05) is 67.7 Å². The fourth-order valence-corrected chi connectivity index (χ4v) is 3.52. The molecule has 0 aliphatic heterocycles. The minimum Gasteiger partial charge on any atom is -0.497 e. The van der Waals surface area contributed by atoms with Crippen LogP contribution < -0.4 is 9.64 Å². The molecule has 4 rings (SSSR count). The smallest absolute Gasteiger partial charge is 0.231 e. The number of thiazole rings is 1. The first kappa shape index (κ1) is 17.2. The van der Waals surface area contributed by atoms with Gasteiger partial charge in [0.2, 0.25) is 5.13 Å². The number of hydrogen-bond donors (Lipinski definition) is 0. The molecule has 0 amide bonds. The molecule has 0 atom stereocenters. The Balaban J connectivity index is 1.51. The number of rotatable bonds is 5. The average molecular weight is 374 g/mol. The van der Waals surface area contributed by atoms with Crippen molar-refractivity contribution in [2.24, 2.45) is 10.2 Å². The van der Waals surface area contributed by atoms with Crippen molar-refractivity contribution < 1.29 is 4.74 Å². The van der Waals surface area contributed by atoms with Gasteiger partial charge in [0.25, 0.3) is 0 Å². The van der Waals surface area contributed by atoms with E-state index >= 15 is 0 Å². The van der Waals surface area contributed by atoms with Crippen LogP contribution in [-0.4, -0.2) is 19.1 Å². The number of ether oxygens (including phenoxy) is 1. The Morgan fingerprint density at radius 2 is 1.63 bits per heavy atom. The molecule has 0 spiro atoms. The van der Waals surface area contributed by atoms with Crippen molar-refractivity contribution >= 4 is 43.7 Å². The zero-order valence-corrected chi connectivity index (χ0v) is 15.9. The van der Waals surface area contributed by atoms with Gasteiger partial charge in [-0.25, -0.2) is 4.98 Å². The Morgan fingerprint density at radius 3 is 2.37 bits per heavy atom. The van der Waals surface area contributed by atoms with Gasteiger partial charge >= 0.3 is 0 Å². The molecular weight excluding hydrogens is 356 g/mol. The molecule has 0 aliphatic rings. The van der Waals surface area contributed by atoms with E-state index in [9.17, 15) is 0 Å². The lowest BCUT2D eigenvalue weighted by molar-refractivity contribution is 0.415. The highest BCUT2D eigenvalue weighted by Crippen LogP contribution is 2.32. The third kappa shape index (κ3) is 3.80. The number of para-hydroxylation sites is 1. The van der Waals surface area contributed by atoms with Gasteiger partial charge < -0.3 is 9.64 Å². The number of hydrogen-bond acceptors (Lipinski definition) is 6. The zero-order valence-electron chi connectivity index (χ0n) is 15.0. The number of benzene rings is 3. The summed E-state index contributed by atoms with van der Waals surface area (Å²) in [5.41, 5.74) is 3.91. The molecule has 134 valence electrons. The summed E-state index contributed by atoms with van der Waals surface area (Å²) < 4.78 is 6.27. The molecular formula is C21H18N4OS. The summed E-state index contributed by atoms with van der Waals surface area (Å²) in [4.78, 5) is 6.61. The number of methoxy groups -OCH3 is 1. The van der Waals surface area contributed by atoms with E-state index in [0.717, 1.165) is 33.0 Å². The van der Waals surface area contributed by atoms with Crippen LogP contribution in [-0.2, 0) is 0 Å². The highest BCUT2D eigenvalue weighted by atomic mass is 32.1. The Labute approximate surface area is 161 Å². The van der Waals surface area contributed by atoms with E-state index in [1.54, 1.807) is 7.11 Å². The Bertz CT molecular complexity index is 1070. The highest BCUT2D eigenvalue weighted by molar-refractivity contribution is 7.21. The molecule has 0 N–H and O–H groups in total. The van der Waals surface area contributed by atoms with Crippen molar-refractivity contribution in [3.63, 3.8) is 0 Å². The summed E-state index contributed by atoms with van der Waals surface area (Å²) >= 11 is 1.49. The first-order chi connectivity index (χ1) is 13.2. The van der Waals surface area contributed by atoms with Crippen LogP contribution in [0, 0.1) is 0 Å². The Hall–Kier alpha value is -3.25. The molecule has 0 unspecified atom stereocenters. The van der Waals surface area contributed by atoms with Gasteiger partial charge in [0.15, 0.2) is 0 Å². The molecule has 27 heavy (non-hydrogen) atoms. The fraction of sp³-hybridized carbons (Fsp3) is 0.0952. The van der Waals surface area contributed by atoms with Crippen LogP contribution in [0.25, 0.3) is 10.2 Å². The van der Waals surface area contributed by atoms with Crippen LogP contribution in [0.1, 0.15) is 0 Å². The Kier molecular flexibility index (Phi) is 4.80. The summed E-state index contributed by atoms with van der Waals surface area (Å²) in [7, 11) is 3.70. The quantitative estimate of drug-likeness (QED) is 0.375. The number of anilines is 2. The van der Waals surface area contributed by atoms with E-state index < -0.39 is 0 Å². The van der Waals surface area contributed by atoms with Crippen molar-refractivity contribution in [3.8, 4) is 5.75 Å². The maximum absolute atomic E-state index is 5.24. The maximum atomic E-state index is 5.24. The van der Waals surface area contributed by atoms with Crippen LogP contribution in [0.5, 0.6) is 5.75 Å². The molecule has 0 saturated heterocycles. The topological polar surface area (TPSA) is 50.1 Å². The largest absolute Gasteiger partial charge is 0.497 e. The first-order valence-corrected chi connectivity index (χ1v) is 9.30. The second-order valence-electron chi connectivity index (χ2n) is 5.94. The SMILES string of the molecule is COc1ccc2nc(N=Nc3ccc(N(C)c4ccccc4)cc3)sc2c1. The highest BCUT2D eigenvalue weighted by Gasteiger charge is 2.05. The van der Waals surface area contributed by atoms with Crippen LogP contribution in [0.15, 0.2) is 83.0 Å². The predicted octanol–water partition coefficient (Wildman–Crippen LogP) is 6.49. The monoisotopic (exact) mass is 374 g/mol. The van der Waals surface area contributed by atoms with Crippen molar-refractivity contribution in [1.29, 1.82) is 0 Å². The summed E-state index contributed by atoms with van der Waals surface area (Å²) in [6, 6.07) is 24.0. The fourth-order valence-electron chi connectivity index (χ4n) is 2.71. The van der Waals surface area contributed by atoms with Crippen LogP contribution in [0.2, 0.25) is 0 Å². The van der Waals surface area contributed by atoms with Crippen LogP contribution >= 0.6 is 11.3 Å². The van der Waals surface area contributed by atoms with Crippen LogP contribution in [0.3, 0.4) is 0 Å². The molecule has 6 heteroatoms. The Morgan fingerprint density at radius 1 is 0.889 bits per heavy atom. The predicted molar refractivity (Wildman–Crippen MR) is 111 cm³/mol. The molecule has 0 saturated carbocycles. The minimum atomic E-state index is 0.628. The molecule has 0 radical (unpaired) electrons. The molecule has 3 aromatic carbocycles. The normalized spacial score (nSPS) is 11.2. The van der Waals surface area contributed by atoms with E-state index in [1.165, 1.54) is 11.3 Å². The van der Waals surface area contributed by atoms with Gasteiger partial charge in [-0.1, -0.05) is 29.5 Å². The molecule has 4 aromatic rings. The number of fused-ring (bicyclic) bond motifs is 1. The molecule has 0 bridgehead atoms. The minimum absolute atomic E-state index is 0.628. The molecule has 0 aliphatic carbocycles. The second kappa shape index (κ2) is 7.55. The van der Waals surface area contributed by atoms with E-state index in [0.29, 0.717) is 5.13 Å². The lowest BCUT2D eigenvalue weighted by atomic mass is 10.2. The van der Waals surface area contributed by atoms with E-state index in [2.05, 4.69) is 32.2 Å². The molecule has 0 fully saturated rings. The second-order valence-corrected chi connectivity index (χ2v) is 6.95. The van der Waals surface area contributed by atoms with Gasteiger partial charge in [0.05, 0.1) is 23.0 Å². The van der Waals surface area contributed by atoms with Gasteiger partial charge in [-0.15, -0.1) is 10.2 Å². The van der Waals surface area contributed by atoms with Crippen molar-refractivity contribution in [3.05, 3.63) is 72.8 Å².